The largest absolute Gasteiger partial charge is 0.483 e. The van der Waals surface area contributed by atoms with Crippen molar-refractivity contribution in [1.82, 2.24) is 5.32 Å². The molecule has 192 valence electrons. The van der Waals surface area contributed by atoms with Crippen molar-refractivity contribution in [2.24, 2.45) is 5.92 Å². The second-order valence-corrected chi connectivity index (χ2v) is 8.52. The maximum absolute atomic E-state index is 11.5. The highest BCUT2D eigenvalue weighted by atomic mass is 16.5. The minimum absolute atomic E-state index is 0.0951. The number of ether oxygens (including phenoxy) is 1. The van der Waals surface area contributed by atoms with E-state index in [2.05, 4.69) is 74.6 Å². The fourth-order valence-corrected chi connectivity index (χ4v) is 2.99. The lowest BCUT2D eigenvalue weighted by atomic mass is 10.0. The molecular formula is C30H37NO5. The Labute approximate surface area is 214 Å². The monoisotopic (exact) mass is 491 g/mol. The molecule has 0 saturated heterocycles. The van der Waals surface area contributed by atoms with E-state index in [0.29, 0.717) is 12.5 Å². The van der Waals surface area contributed by atoms with Crippen LogP contribution in [-0.4, -0.2) is 30.0 Å². The summed E-state index contributed by atoms with van der Waals surface area (Å²) in [5.41, 5.74) is 4.82. The molecule has 3 aromatic rings. The van der Waals surface area contributed by atoms with Crippen LogP contribution < -0.4 is 5.32 Å². The van der Waals surface area contributed by atoms with Crippen molar-refractivity contribution < 1.29 is 24.2 Å². The van der Waals surface area contributed by atoms with E-state index in [9.17, 15) is 9.59 Å². The molecule has 1 amide bonds. The third-order valence-electron chi connectivity index (χ3n) is 5.00. The van der Waals surface area contributed by atoms with Crippen LogP contribution >= 0.6 is 0 Å². The summed E-state index contributed by atoms with van der Waals surface area (Å²) in [5, 5.41) is 9.69. The molecule has 6 nitrogen and oxygen atoms in total. The van der Waals surface area contributed by atoms with Gasteiger partial charge in [0.15, 0.2) is 0 Å². The molecule has 0 aliphatic heterocycles. The molecule has 0 saturated carbocycles. The molecule has 3 aromatic carbocycles. The van der Waals surface area contributed by atoms with Crippen molar-refractivity contribution >= 4 is 18.3 Å². The quantitative estimate of drug-likeness (QED) is 0.281. The van der Waals surface area contributed by atoms with Crippen LogP contribution in [0.5, 0.6) is 0 Å². The first-order valence-corrected chi connectivity index (χ1v) is 12.0. The Morgan fingerprint density at radius 3 is 1.94 bits per heavy atom. The first-order valence-electron chi connectivity index (χ1n) is 12.0. The molecule has 0 heterocycles. The van der Waals surface area contributed by atoms with E-state index in [-0.39, 0.29) is 37.8 Å². The fraction of sp³-hybridized carbons (Fsp3) is 0.300. The number of carboxylic acid groups (broad SMARTS) is 1. The van der Waals surface area contributed by atoms with Gasteiger partial charge in [0.2, 0.25) is 5.91 Å². The van der Waals surface area contributed by atoms with Crippen LogP contribution in [0.3, 0.4) is 0 Å². The number of carbonyl (C=O) groups excluding carboxylic acids is 2. The van der Waals surface area contributed by atoms with Crippen molar-refractivity contribution in [3.05, 3.63) is 96.1 Å². The van der Waals surface area contributed by atoms with Gasteiger partial charge in [-0.2, -0.15) is 0 Å². The van der Waals surface area contributed by atoms with Gasteiger partial charge in [0.1, 0.15) is 6.61 Å². The zero-order valence-corrected chi connectivity index (χ0v) is 21.4. The van der Waals surface area contributed by atoms with Gasteiger partial charge in [-0.3, -0.25) is 14.4 Å². The average Bonchev–Trinajstić information content (AvgIpc) is 2.88. The Balaban J connectivity index is 0.000000345. The molecule has 0 bridgehead atoms. The van der Waals surface area contributed by atoms with E-state index in [1.165, 1.54) is 16.7 Å². The molecule has 36 heavy (non-hydrogen) atoms. The predicted molar refractivity (Wildman–Crippen MR) is 143 cm³/mol. The normalized spacial score (nSPS) is 9.67. The second-order valence-electron chi connectivity index (χ2n) is 8.52. The molecule has 0 aliphatic carbocycles. The summed E-state index contributed by atoms with van der Waals surface area (Å²) in [4.78, 5) is 31.3. The standard InChI is InChI=1S/C16H23NO3.C13H12.CH2O2/c1-13(2)10-11-17-15(18)8-9-16(19)20-12-14-6-4-3-5-7-14;1-11-7-9-13(10-8-11)12-5-3-2-4-6-12;2-1-3/h3-7,13H,8-12H2,1-2H3,(H,17,18);2-10H,1H3;1H,(H,2,3). The molecule has 3 rings (SSSR count). The van der Waals surface area contributed by atoms with Gasteiger partial charge in [0.05, 0.1) is 6.42 Å². The number of hydrogen-bond donors (Lipinski definition) is 2. The summed E-state index contributed by atoms with van der Waals surface area (Å²) in [5.74, 6) is 0.126. The smallest absolute Gasteiger partial charge is 0.306 e. The van der Waals surface area contributed by atoms with E-state index in [1.807, 2.05) is 36.4 Å². The summed E-state index contributed by atoms with van der Waals surface area (Å²) in [6, 6.07) is 28.5. The van der Waals surface area contributed by atoms with Gasteiger partial charge in [-0.1, -0.05) is 104 Å². The Morgan fingerprint density at radius 2 is 1.39 bits per heavy atom. The van der Waals surface area contributed by atoms with Crippen LogP contribution in [0.25, 0.3) is 11.1 Å². The fourth-order valence-electron chi connectivity index (χ4n) is 2.99. The van der Waals surface area contributed by atoms with E-state index < -0.39 is 0 Å². The second kappa shape index (κ2) is 18.4. The first kappa shape index (κ1) is 30.1. The minimum atomic E-state index is -0.340. The van der Waals surface area contributed by atoms with Crippen LogP contribution in [0.2, 0.25) is 0 Å². The molecule has 0 aliphatic rings. The molecule has 0 atom stereocenters. The van der Waals surface area contributed by atoms with Gasteiger partial charge >= 0.3 is 5.97 Å². The molecule has 0 spiro atoms. The third kappa shape index (κ3) is 14.4. The predicted octanol–water partition coefficient (Wildman–Crippen LogP) is 6.04. The number of esters is 1. The average molecular weight is 492 g/mol. The molecule has 0 radical (unpaired) electrons. The van der Waals surface area contributed by atoms with Crippen molar-refractivity contribution in [2.45, 2.75) is 46.6 Å². The lowest BCUT2D eigenvalue weighted by Crippen LogP contribution is -2.25. The summed E-state index contributed by atoms with van der Waals surface area (Å²) in [6.45, 7) is 6.99. The van der Waals surface area contributed by atoms with Crippen molar-refractivity contribution in [1.29, 1.82) is 0 Å². The van der Waals surface area contributed by atoms with E-state index in [1.54, 1.807) is 0 Å². The van der Waals surface area contributed by atoms with E-state index in [4.69, 9.17) is 14.6 Å². The minimum Gasteiger partial charge on any atom is -0.483 e. The van der Waals surface area contributed by atoms with Crippen molar-refractivity contribution in [2.75, 3.05) is 6.54 Å². The summed E-state index contributed by atoms with van der Waals surface area (Å²) in [6.07, 6.45) is 1.26. The molecule has 0 unspecified atom stereocenters. The Morgan fingerprint density at radius 1 is 0.861 bits per heavy atom. The van der Waals surface area contributed by atoms with Gasteiger partial charge in [-0.25, -0.2) is 0 Å². The first-order chi connectivity index (χ1) is 17.3. The van der Waals surface area contributed by atoms with E-state index >= 15 is 0 Å². The number of hydrogen-bond acceptors (Lipinski definition) is 4. The summed E-state index contributed by atoms with van der Waals surface area (Å²) >= 11 is 0. The SMILES string of the molecule is CC(C)CCNC(=O)CCC(=O)OCc1ccccc1.Cc1ccc(-c2ccccc2)cc1.O=CO. The Bertz CT molecular complexity index is 1000. The molecule has 6 heteroatoms. The zero-order chi connectivity index (χ0) is 26.6. The Kier molecular flexibility index (Phi) is 15.4. The maximum Gasteiger partial charge on any atom is 0.306 e. The van der Waals surface area contributed by atoms with Gasteiger partial charge in [-0.15, -0.1) is 0 Å². The van der Waals surface area contributed by atoms with Crippen LogP contribution in [0, 0.1) is 12.8 Å². The van der Waals surface area contributed by atoms with Crippen LogP contribution in [-0.2, 0) is 25.7 Å². The van der Waals surface area contributed by atoms with Crippen LogP contribution in [0.1, 0.15) is 44.2 Å². The highest BCUT2D eigenvalue weighted by molar-refractivity contribution is 5.81. The number of benzene rings is 3. The lowest BCUT2D eigenvalue weighted by Gasteiger charge is -2.07. The van der Waals surface area contributed by atoms with Gasteiger partial charge in [0.25, 0.3) is 6.47 Å². The highest BCUT2D eigenvalue weighted by Gasteiger charge is 2.08. The number of nitrogens with one attached hydrogen (secondary N) is 1. The van der Waals surface area contributed by atoms with E-state index in [0.717, 1.165) is 12.0 Å². The summed E-state index contributed by atoms with van der Waals surface area (Å²) < 4.78 is 5.10. The molecule has 0 fully saturated rings. The van der Waals surface area contributed by atoms with Gasteiger partial charge in [-0.05, 0) is 36.0 Å². The van der Waals surface area contributed by atoms with Gasteiger partial charge < -0.3 is 15.2 Å². The highest BCUT2D eigenvalue weighted by Crippen LogP contribution is 2.18. The number of carbonyl (C=O) groups is 3. The van der Waals surface area contributed by atoms with Crippen molar-refractivity contribution in [3.8, 4) is 11.1 Å². The molecular weight excluding hydrogens is 454 g/mol. The molecule has 0 aromatic heterocycles. The lowest BCUT2D eigenvalue weighted by molar-refractivity contribution is -0.146. The van der Waals surface area contributed by atoms with Gasteiger partial charge in [0, 0.05) is 13.0 Å². The molecule has 2 N–H and O–H groups in total. The topological polar surface area (TPSA) is 92.7 Å². The third-order valence-corrected chi connectivity index (χ3v) is 5.00. The number of rotatable bonds is 9. The zero-order valence-electron chi connectivity index (χ0n) is 21.4. The van der Waals surface area contributed by atoms with Crippen LogP contribution in [0.15, 0.2) is 84.9 Å². The number of amides is 1. The number of aryl methyl sites for hydroxylation is 1. The Hall–Kier alpha value is -3.93. The van der Waals surface area contributed by atoms with Crippen LogP contribution in [0.4, 0.5) is 0 Å². The van der Waals surface area contributed by atoms with Crippen molar-refractivity contribution in [3.63, 3.8) is 0 Å². The summed E-state index contributed by atoms with van der Waals surface area (Å²) in [7, 11) is 0. The maximum atomic E-state index is 11.5.